The van der Waals surface area contributed by atoms with Crippen LogP contribution in [0.2, 0.25) is 10.0 Å². The lowest BCUT2D eigenvalue weighted by Crippen LogP contribution is -2.04. The van der Waals surface area contributed by atoms with Crippen molar-refractivity contribution < 1.29 is 4.74 Å². The van der Waals surface area contributed by atoms with Crippen molar-refractivity contribution in [2.45, 2.75) is 26.3 Å². The number of halogens is 2. The molecule has 0 saturated carbocycles. The molecule has 0 saturated heterocycles. The first-order valence-electron chi connectivity index (χ1n) is 8.10. The Bertz CT molecular complexity index is 833. The Morgan fingerprint density at radius 1 is 1.04 bits per heavy atom. The van der Waals surface area contributed by atoms with Crippen molar-refractivity contribution in [3.05, 3.63) is 58.1 Å². The van der Waals surface area contributed by atoms with Gasteiger partial charge in [-0.25, -0.2) is 0 Å². The van der Waals surface area contributed by atoms with Crippen LogP contribution < -0.4 is 4.74 Å². The van der Waals surface area contributed by atoms with Crippen molar-refractivity contribution in [1.82, 2.24) is 20.2 Å². The van der Waals surface area contributed by atoms with Crippen LogP contribution in [0.25, 0.3) is 11.4 Å². The summed E-state index contributed by atoms with van der Waals surface area (Å²) in [5, 5.41) is 13.7. The molecule has 130 valence electrons. The molecule has 0 bridgehead atoms. The number of unbranched alkanes of at least 4 members (excludes halogenated alkanes) is 1. The SMILES string of the molecule is CCCCOc1ccc(-c2nnn(Cc3ccc(Cl)c(Cl)c3)n2)cc1. The van der Waals surface area contributed by atoms with Crippen LogP contribution in [0.15, 0.2) is 42.5 Å². The van der Waals surface area contributed by atoms with Crippen LogP contribution in [0, 0.1) is 0 Å². The minimum atomic E-state index is 0.474. The van der Waals surface area contributed by atoms with E-state index in [2.05, 4.69) is 22.3 Å². The van der Waals surface area contributed by atoms with Gasteiger partial charge in [0.2, 0.25) is 5.82 Å². The molecule has 25 heavy (non-hydrogen) atoms. The van der Waals surface area contributed by atoms with Crippen LogP contribution in [-0.4, -0.2) is 26.8 Å². The number of benzene rings is 2. The molecule has 0 atom stereocenters. The van der Waals surface area contributed by atoms with E-state index in [4.69, 9.17) is 27.9 Å². The number of ether oxygens (including phenoxy) is 1. The van der Waals surface area contributed by atoms with Gasteiger partial charge in [-0.3, -0.25) is 0 Å². The first-order chi connectivity index (χ1) is 12.2. The quantitative estimate of drug-likeness (QED) is 0.551. The molecular formula is C18H18Cl2N4O. The molecule has 0 radical (unpaired) electrons. The average molecular weight is 377 g/mol. The third-order valence-electron chi connectivity index (χ3n) is 3.64. The van der Waals surface area contributed by atoms with Crippen molar-refractivity contribution in [2.75, 3.05) is 6.61 Å². The Morgan fingerprint density at radius 3 is 2.56 bits per heavy atom. The molecular weight excluding hydrogens is 359 g/mol. The molecule has 2 aromatic carbocycles. The highest BCUT2D eigenvalue weighted by atomic mass is 35.5. The maximum Gasteiger partial charge on any atom is 0.204 e. The van der Waals surface area contributed by atoms with E-state index in [9.17, 15) is 0 Å². The van der Waals surface area contributed by atoms with Crippen LogP contribution in [0.5, 0.6) is 5.75 Å². The summed E-state index contributed by atoms with van der Waals surface area (Å²) in [5.74, 6) is 1.42. The Labute approximate surface area is 156 Å². The minimum Gasteiger partial charge on any atom is -0.494 e. The van der Waals surface area contributed by atoms with Crippen LogP contribution in [0.3, 0.4) is 0 Å². The standard InChI is InChI=1S/C18H18Cl2N4O/c1-2-3-10-25-15-7-5-14(6-8-15)18-21-23-24(22-18)12-13-4-9-16(19)17(20)11-13/h4-9,11H,2-3,10,12H2,1H3. The summed E-state index contributed by atoms with van der Waals surface area (Å²) in [6.45, 7) is 3.34. The normalized spacial score (nSPS) is 10.8. The lowest BCUT2D eigenvalue weighted by molar-refractivity contribution is 0.309. The molecule has 1 aromatic heterocycles. The van der Waals surface area contributed by atoms with Gasteiger partial charge in [0.05, 0.1) is 23.2 Å². The van der Waals surface area contributed by atoms with Crippen LogP contribution in [0.1, 0.15) is 25.3 Å². The summed E-state index contributed by atoms with van der Waals surface area (Å²) >= 11 is 12.0. The predicted molar refractivity (Wildman–Crippen MR) is 99.2 cm³/mol. The molecule has 0 amide bonds. The summed E-state index contributed by atoms with van der Waals surface area (Å²) in [5.41, 5.74) is 1.85. The molecule has 0 N–H and O–H groups in total. The predicted octanol–water partition coefficient (Wildman–Crippen LogP) is 4.87. The maximum atomic E-state index is 6.03. The van der Waals surface area contributed by atoms with Crippen LogP contribution >= 0.6 is 23.2 Å². The highest BCUT2D eigenvalue weighted by Crippen LogP contribution is 2.23. The summed E-state index contributed by atoms with van der Waals surface area (Å²) in [7, 11) is 0. The smallest absolute Gasteiger partial charge is 0.204 e. The van der Waals surface area contributed by atoms with Gasteiger partial charge in [0.15, 0.2) is 0 Å². The number of hydrogen-bond acceptors (Lipinski definition) is 4. The lowest BCUT2D eigenvalue weighted by Gasteiger charge is -2.05. The lowest BCUT2D eigenvalue weighted by atomic mass is 10.2. The van der Waals surface area contributed by atoms with Crippen molar-refractivity contribution in [3.8, 4) is 17.1 Å². The second-order valence-corrected chi connectivity index (χ2v) is 6.43. The third kappa shape index (κ3) is 4.71. The second-order valence-electron chi connectivity index (χ2n) is 5.62. The summed E-state index contributed by atoms with van der Waals surface area (Å²) in [4.78, 5) is 1.53. The number of rotatable bonds is 7. The summed E-state index contributed by atoms with van der Waals surface area (Å²) in [6.07, 6.45) is 2.16. The van der Waals surface area contributed by atoms with Crippen molar-refractivity contribution in [2.24, 2.45) is 0 Å². The van der Waals surface area contributed by atoms with E-state index >= 15 is 0 Å². The van der Waals surface area contributed by atoms with Crippen molar-refractivity contribution in [1.29, 1.82) is 0 Å². The second kappa shape index (κ2) is 8.32. The molecule has 3 aromatic rings. The zero-order valence-corrected chi connectivity index (χ0v) is 15.3. The number of aromatic nitrogens is 4. The van der Waals surface area contributed by atoms with E-state index in [1.165, 1.54) is 4.80 Å². The molecule has 1 heterocycles. The molecule has 0 aliphatic rings. The first kappa shape index (κ1) is 17.7. The van der Waals surface area contributed by atoms with Gasteiger partial charge in [-0.1, -0.05) is 42.6 Å². The Hall–Kier alpha value is -2.11. The third-order valence-corrected chi connectivity index (χ3v) is 4.38. The fraction of sp³-hybridized carbons (Fsp3) is 0.278. The van der Waals surface area contributed by atoms with Gasteiger partial charge in [0.1, 0.15) is 5.75 Å². The molecule has 5 nitrogen and oxygen atoms in total. The fourth-order valence-corrected chi connectivity index (χ4v) is 2.58. The van der Waals surface area contributed by atoms with Gasteiger partial charge in [-0.2, -0.15) is 4.80 Å². The topological polar surface area (TPSA) is 52.8 Å². The zero-order chi connectivity index (χ0) is 17.6. The van der Waals surface area contributed by atoms with Crippen LogP contribution in [-0.2, 0) is 6.54 Å². The molecule has 0 unspecified atom stereocenters. The van der Waals surface area contributed by atoms with E-state index in [1.54, 1.807) is 12.1 Å². The summed E-state index contributed by atoms with van der Waals surface area (Å²) < 4.78 is 5.66. The van der Waals surface area contributed by atoms with E-state index in [0.717, 1.165) is 36.3 Å². The molecule has 0 aliphatic heterocycles. The average Bonchev–Trinajstić information content (AvgIpc) is 3.07. The zero-order valence-electron chi connectivity index (χ0n) is 13.8. The number of nitrogens with zero attached hydrogens (tertiary/aromatic N) is 4. The monoisotopic (exact) mass is 376 g/mol. The molecule has 3 rings (SSSR count). The largest absolute Gasteiger partial charge is 0.494 e. The Balaban J connectivity index is 1.67. The van der Waals surface area contributed by atoms with Gasteiger partial charge in [-0.15, -0.1) is 10.2 Å². The Kier molecular flexibility index (Phi) is 5.89. The number of tetrazole rings is 1. The first-order valence-corrected chi connectivity index (χ1v) is 8.86. The summed E-state index contributed by atoms with van der Waals surface area (Å²) in [6, 6.07) is 13.2. The van der Waals surface area contributed by atoms with Gasteiger partial charge < -0.3 is 4.74 Å². The van der Waals surface area contributed by atoms with Crippen molar-refractivity contribution >= 4 is 23.2 Å². The van der Waals surface area contributed by atoms with E-state index < -0.39 is 0 Å². The fourth-order valence-electron chi connectivity index (χ4n) is 2.26. The Morgan fingerprint density at radius 2 is 1.84 bits per heavy atom. The van der Waals surface area contributed by atoms with E-state index in [0.29, 0.717) is 22.4 Å². The van der Waals surface area contributed by atoms with E-state index in [-0.39, 0.29) is 0 Å². The van der Waals surface area contributed by atoms with Crippen molar-refractivity contribution in [3.63, 3.8) is 0 Å². The van der Waals surface area contributed by atoms with E-state index in [1.807, 2.05) is 30.3 Å². The maximum absolute atomic E-state index is 6.03. The van der Waals surface area contributed by atoms with Crippen LogP contribution in [0.4, 0.5) is 0 Å². The molecule has 0 fully saturated rings. The molecule has 0 aliphatic carbocycles. The van der Waals surface area contributed by atoms with Gasteiger partial charge in [-0.05, 0) is 53.6 Å². The van der Waals surface area contributed by atoms with Gasteiger partial charge in [0, 0.05) is 5.56 Å². The number of hydrogen-bond donors (Lipinski definition) is 0. The van der Waals surface area contributed by atoms with Gasteiger partial charge in [0.25, 0.3) is 0 Å². The highest BCUT2D eigenvalue weighted by molar-refractivity contribution is 6.42. The molecule has 7 heteroatoms. The highest BCUT2D eigenvalue weighted by Gasteiger charge is 2.08. The minimum absolute atomic E-state index is 0.474. The van der Waals surface area contributed by atoms with Gasteiger partial charge >= 0.3 is 0 Å². The molecule has 0 spiro atoms.